The van der Waals surface area contributed by atoms with Gasteiger partial charge in [-0.05, 0) is 29.8 Å². The summed E-state index contributed by atoms with van der Waals surface area (Å²) < 4.78 is 40.3. The van der Waals surface area contributed by atoms with Crippen LogP contribution in [0, 0.1) is 0 Å². The fraction of sp³-hybridized carbons (Fsp3) is 0.188. The van der Waals surface area contributed by atoms with Crippen LogP contribution in [-0.4, -0.2) is 22.7 Å². The number of hydrogen-bond donors (Lipinski definition) is 1. The van der Waals surface area contributed by atoms with Crippen LogP contribution in [0.4, 0.5) is 18.9 Å². The van der Waals surface area contributed by atoms with Gasteiger partial charge in [0.1, 0.15) is 0 Å². The van der Waals surface area contributed by atoms with Gasteiger partial charge in [0.2, 0.25) is 0 Å². The summed E-state index contributed by atoms with van der Waals surface area (Å²) >= 11 is 5.79. The minimum atomic E-state index is -4.86. The summed E-state index contributed by atoms with van der Waals surface area (Å²) in [6.45, 7) is 0. The second-order valence-electron chi connectivity index (χ2n) is 5.19. The predicted octanol–water partition coefficient (Wildman–Crippen LogP) is 4.21. The first-order valence-electron chi connectivity index (χ1n) is 6.79. The first-order chi connectivity index (χ1) is 10.8. The Kier molecular flexibility index (Phi) is 3.82. The monoisotopic (exact) mass is 340 g/mol. The van der Waals surface area contributed by atoms with Crippen LogP contribution in [0.1, 0.15) is 12.0 Å². The minimum absolute atomic E-state index is 0.144. The van der Waals surface area contributed by atoms with Crippen molar-refractivity contribution in [3.63, 3.8) is 0 Å². The Morgan fingerprint density at radius 2 is 1.65 bits per heavy atom. The second-order valence-corrected chi connectivity index (χ2v) is 5.63. The Hall–Kier alpha value is -2.05. The molecule has 0 fully saturated rings. The third-order valence-corrected chi connectivity index (χ3v) is 3.87. The summed E-state index contributed by atoms with van der Waals surface area (Å²) in [5.74, 6) is 0. The number of nitrogens with zero attached hydrogens (tertiary/aromatic N) is 2. The van der Waals surface area contributed by atoms with Crippen molar-refractivity contribution in [3.05, 3.63) is 65.2 Å². The molecule has 7 heteroatoms. The van der Waals surface area contributed by atoms with Crippen LogP contribution in [0.5, 0.6) is 0 Å². The maximum atomic E-state index is 13.4. The van der Waals surface area contributed by atoms with Gasteiger partial charge in [0.25, 0.3) is 5.72 Å². The molecule has 1 N–H and O–H groups in total. The maximum absolute atomic E-state index is 13.4. The summed E-state index contributed by atoms with van der Waals surface area (Å²) in [6, 6.07) is 14.1. The average Bonchev–Trinajstić information content (AvgIpc) is 2.88. The smallest absolute Gasteiger partial charge is 0.362 e. The summed E-state index contributed by atoms with van der Waals surface area (Å²) in [5, 5.41) is 15.4. The van der Waals surface area contributed by atoms with Gasteiger partial charge in [0, 0.05) is 5.02 Å². The Labute approximate surface area is 135 Å². The molecule has 0 spiro atoms. The molecule has 0 radical (unpaired) electrons. The fourth-order valence-corrected chi connectivity index (χ4v) is 2.54. The van der Waals surface area contributed by atoms with Crippen molar-refractivity contribution in [3.8, 4) is 0 Å². The highest BCUT2D eigenvalue weighted by Gasteiger charge is 2.61. The van der Waals surface area contributed by atoms with Crippen molar-refractivity contribution >= 4 is 23.0 Å². The van der Waals surface area contributed by atoms with Crippen molar-refractivity contribution in [1.29, 1.82) is 0 Å². The van der Waals surface area contributed by atoms with Crippen molar-refractivity contribution in [1.82, 2.24) is 0 Å². The minimum Gasteiger partial charge on any atom is -0.362 e. The summed E-state index contributed by atoms with van der Waals surface area (Å²) in [6.07, 6.45) is -5.52. The average molecular weight is 341 g/mol. The molecule has 0 saturated carbocycles. The van der Waals surface area contributed by atoms with E-state index in [0.29, 0.717) is 15.6 Å². The maximum Gasteiger partial charge on any atom is 0.438 e. The fourth-order valence-electron chi connectivity index (χ4n) is 2.41. The molecule has 0 aromatic heterocycles. The highest BCUT2D eigenvalue weighted by molar-refractivity contribution is 6.30. The number of halogens is 4. The van der Waals surface area contributed by atoms with Gasteiger partial charge in [-0.15, -0.1) is 0 Å². The van der Waals surface area contributed by atoms with E-state index in [1.54, 1.807) is 42.5 Å². The lowest BCUT2D eigenvalue weighted by atomic mass is 10.0. The van der Waals surface area contributed by atoms with Gasteiger partial charge < -0.3 is 5.11 Å². The lowest BCUT2D eigenvalue weighted by molar-refractivity contribution is -0.254. The van der Waals surface area contributed by atoms with E-state index in [2.05, 4.69) is 5.10 Å². The highest BCUT2D eigenvalue weighted by Crippen LogP contribution is 2.43. The van der Waals surface area contributed by atoms with Crippen LogP contribution in [0.2, 0.25) is 5.02 Å². The van der Waals surface area contributed by atoms with Gasteiger partial charge in [-0.25, -0.2) is 5.01 Å². The van der Waals surface area contributed by atoms with Crippen molar-refractivity contribution < 1.29 is 18.3 Å². The molecule has 3 rings (SSSR count). The van der Waals surface area contributed by atoms with Gasteiger partial charge in [-0.1, -0.05) is 41.9 Å². The van der Waals surface area contributed by atoms with Gasteiger partial charge in [0.05, 0.1) is 17.8 Å². The van der Waals surface area contributed by atoms with Crippen molar-refractivity contribution in [2.75, 3.05) is 5.01 Å². The molecule has 3 nitrogen and oxygen atoms in total. The molecule has 2 aromatic rings. The lowest BCUT2D eigenvalue weighted by Gasteiger charge is -2.34. The Morgan fingerprint density at radius 3 is 2.22 bits per heavy atom. The first-order valence-corrected chi connectivity index (χ1v) is 7.17. The van der Waals surface area contributed by atoms with E-state index in [1.165, 1.54) is 12.1 Å². The van der Waals surface area contributed by atoms with Crippen LogP contribution >= 0.6 is 11.6 Å². The zero-order valence-electron chi connectivity index (χ0n) is 11.8. The number of aliphatic hydroxyl groups is 1. The van der Waals surface area contributed by atoms with Gasteiger partial charge in [-0.3, -0.25) is 0 Å². The largest absolute Gasteiger partial charge is 0.438 e. The third-order valence-electron chi connectivity index (χ3n) is 3.62. The van der Waals surface area contributed by atoms with Crippen molar-refractivity contribution in [2.24, 2.45) is 5.10 Å². The standard InChI is InChI=1S/C16H12ClF3N2O/c17-12-8-6-11(7-9-12)14-10-15(23,16(18,19)20)22(21-14)13-4-2-1-3-5-13/h1-9,23H,10H2. The lowest BCUT2D eigenvalue weighted by Crippen LogP contribution is -2.55. The SMILES string of the molecule is OC1(C(F)(F)F)CC(c2ccc(Cl)cc2)=NN1c1ccccc1. The molecule has 0 aliphatic carbocycles. The van der Waals surface area contributed by atoms with E-state index < -0.39 is 18.3 Å². The number of rotatable bonds is 2. The molecule has 1 atom stereocenters. The zero-order valence-corrected chi connectivity index (χ0v) is 12.5. The molecule has 1 unspecified atom stereocenters. The van der Waals surface area contributed by atoms with Crippen LogP contribution in [0.3, 0.4) is 0 Å². The molecule has 0 bridgehead atoms. The Balaban J connectivity index is 2.06. The zero-order chi connectivity index (χ0) is 16.7. The number of hydrogen-bond acceptors (Lipinski definition) is 3. The first kappa shape index (κ1) is 15.8. The van der Waals surface area contributed by atoms with E-state index in [-0.39, 0.29) is 11.4 Å². The molecule has 23 heavy (non-hydrogen) atoms. The van der Waals surface area contributed by atoms with E-state index in [4.69, 9.17) is 11.6 Å². The number of benzene rings is 2. The van der Waals surface area contributed by atoms with Gasteiger partial charge >= 0.3 is 6.18 Å². The molecule has 1 heterocycles. The van der Waals surface area contributed by atoms with Gasteiger partial charge in [0.15, 0.2) is 0 Å². The molecular formula is C16H12ClF3N2O. The molecule has 2 aromatic carbocycles. The predicted molar refractivity (Wildman–Crippen MR) is 82.5 cm³/mol. The van der Waals surface area contributed by atoms with Crippen LogP contribution < -0.4 is 5.01 Å². The quantitative estimate of drug-likeness (QED) is 0.889. The summed E-state index contributed by atoms with van der Waals surface area (Å²) in [5.41, 5.74) is -2.29. The van der Waals surface area contributed by atoms with E-state index in [0.717, 1.165) is 0 Å². The number of para-hydroxylation sites is 1. The Bertz CT molecular complexity index is 731. The van der Waals surface area contributed by atoms with E-state index in [1.807, 2.05) is 0 Å². The van der Waals surface area contributed by atoms with Gasteiger partial charge in [-0.2, -0.15) is 18.3 Å². The number of anilines is 1. The Morgan fingerprint density at radius 1 is 1.04 bits per heavy atom. The molecule has 0 saturated heterocycles. The molecular weight excluding hydrogens is 329 g/mol. The number of hydrazone groups is 1. The van der Waals surface area contributed by atoms with Crippen LogP contribution in [0.15, 0.2) is 59.7 Å². The summed E-state index contributed by atoms with van der Waals surface area (Å²) in [7, 11) is 0. The molecule has 1 aliphatic heterocycles. The second kappa shape index (κ2) is 5.54. The highest BCUT2D eigenvalue weighted by atomic mass is 35.5. The van der Waals surface area contributed by atoms with E-state index >= 15 is 0 Å². The topological polar surface area (TPSA) is 35.8 Å². The van der Waals surface area contributed by atoms with E-state index in [9.17, 15) is 18.3 Å². The van der Waals surface area contributed by atoms with Crippen LogP contribution in [-0.2, 0) is 0 Å². The molecule has 1 aliphatic rings. The number of alkyl halides is 3. The third kappa shape index (κ3) is 2.80. The normalized spacial score (nSPS) is 21.4. The van der Waals surface area contributed by atoms with Crippen molar-refractivity contribution in [2.45, 2.75) is 18.3 Å². The molecule has 0 amide bonds. The summed E-state index contributed by atoms with van der Waals surface area (Å²) in [4.78, 5) is 0. The van der Waals surface area contributed by atoms with Crippen LogP contribution in [0.25, 0.3) is 0 Å². The molecule has 120 valence electrons.